The highest BCUT2D eigenvalue weighted by Gasteiger charge is 2.15. The van der Waals surface area contributed by atoms with Gasteiger partial charge >= 0.3 is 0 Å². The van der Waals surface area contributed by atoms with E-state index >= 15 is 0 Å². The summed E-state index contributed by atoms with van der Waals surface area (Å²) in [6.45, 7) is 0.541. The summed E-state index contributed by atoms with van der Waals surface area (Å²) in [5.41, 5.74) is 1.42. The van der Waals surface area contributed by atoms with Crippen LogP contribution in [0.4, 0.5) is 5.69 Å². The second-order valence-corrected chi connectivity index (χ2v) is 5.47. The smallest absolute Gasteiger partial charge is 0.231 e. The lowest BCUT2D eigenvalue weighted by molar-refractivity contribution is 0.174. The van der Waals surface area contributed by atoms with Crippen LogP contribution in [0.1, 0.15) is 11.7 Å². The molecule has 1 atom stereocenters. The molecule has 21 heavy (non-hydrogen) atoms. The summed E-state index contributed by atoms with van der Waals surface area (Å²) < 4.78 is 10.5. The van der Waals surface area contributed by atoms with Gasteiger partial charge in [-0.2, -0.15) is 0 Å². The number of ether oxygens (including phenoxy) is 2. The Labute approximate surface area is 132 Å². The first-order valence-corrected chi connectivity index (χ1v) is 7.15. The second-order valence-electron chi connectivity index (χ2n) is 4.63. The molecule has 0 bridgehead atoms. The highest BCUT2D eigenvalue weighted by molar-refractivity contribution is 6.33. The lowest BCUT2D eigenvalue weighted by Crippen LogP contribution is -2.12. The number of hydrogen-bond acceptors (Lipinski definition) is 4. The number of fused-ring (bicyclic) bond motifs is 1. The van der Waals surface area contributed by atoms with Crippen molar-refractivity contribution in [2.24, 2.45) is 0 Å². The minimum Gasteiger partial charge on any atom is -0.454 e. The normalized spacial score (nSPS) is 14.0. The van der Waals surface area contributed by atoms with Crippen LogP contribution in [-0.4, -0.2) is 18.4 Å². The molecule has 0 spiro atoms. The zero-order valence-corrected chi connectivity index (χ0v) is 12.5. The van der Waals surface area contributed by atoms with Gasteiger partial charge in [0.1, 0.15) is 0 Å². The van der Waals surface area contributed by atoms with Crippen LogP contribution in [0.5, 0.6) is 11.5 Å². The van der Waals surface area contributed by atoms with E-state index < -0.39 is 6.10 Å². The van der Waals surface area contributed by atoms with Crippen molar-refractivity contribution in [3.63, 3.8) is 0 Å². The molecule has 2 aromatic rings. The molecule has 1 heterocycles. The molecule has 4 nitrogen and oxygen atoms in total. The largest absolute Gasteiger partial charge is 0.454 e. The minimum atomic E-state index is -0.762. The average Bonchev–Trinajstić information content (AvgIpc) is 2.94. The molecule has 0 radical (unpaired) electrons. The first-order valence-electron chi connectivity index (χ1n) is 6.40. The average molecular weight is 326 g/mol. The molecule has 0 amide bonds. The molecular weight excluding hydrogens is 313 g/mol. The van der Waals surface area contributed by atoms with Gasteiger partial charge in [0.15, 0.2) is 11.5 Å². The Bertz CT molecular complexity index is 663. The summed E-state index contributed by atoms with van der Waals surface area (Å²) in [5.74, 6) is 1.41. The molecular formula is C15H13Cl2NO3. The number of aliphatic hydroxyl groups excluding tert-OH is 1. The summed E-state index contributed by atoms with van der Waals surface area (Å²) in [7, 11) is 0. The summed E-state index contributed by atoms with van der Waals surface area (Å²) >= 11 is 12.0. The van der Waals surface area contributed by atoms with Gasteiger partial charge in [-0.25, -0.2) is 0 Å². The van der Waals surface area contributed by atoms with Crippen molar-refractivity contribution in [1.29, 1.82) is 0 Å². The highest BCUT2D eigenvalue weighted by atomic mass is 35.5. The van der Waals surface area contributed by atoms with Gasteiger partial charge in [0.05, 0.1) is 6.10 Å². The fourth-order valence-corrected chi connectivity index (χ4v) is 2.52. The molecule has 110 valence electrons. The van der Waals surface area contributed by atoms with Crippen LogP contribution in [0.25, 0.3) is 0 Å². The van der Waals surface area contributed by atoms with Crippen LogP contribution in [0.3, 0.4) is 0 Å². The zero-order chi connectivity index (χ0) is 14.8. The van der Waals surface area contributed by atoms with Crippen molar-refractivity contribution in [3.8, 4) is 11.5 Å². The predicted molar refractivity (Wildman–Crippen MR) is 82.5 cm³/mol. The topological polar surface area (TPSA) is 50.7 Å². The van der Waals surface area contributed by atoms with Gasteiger partial charge in [0, 0.05) is 33.9 Å². The van der Waals surface area contributed by atoms with E-state index in [1.807, 2.05) is 18.2 Å². The van der Waals surface area contributed by atoms with Crippen LogP contribution in [0.15, 0.2) is 36.4 Å². The van der Waals surface area contributed by atoms with Crippen molar-refractivity contribution >= 4 is 28.9 Å². The number of nitrogens with one attached hydrogen (secondary N) is 1. The molecule has 3 rings (SSSR count). The van der Waals surface area contributed by atoms with Gasteiger partial charge < -0.3 is 19.9 Å². The number of halogens is 2. The van der Waals surface area contributed by atoms with Crippen LogP contribution < -0.4 is 14.8 Å². The van der Waals surface area contributed by atoms with Crippen LogP contribution in [0, 0.1) is 0 Å². The summed E-state index contributed by atoms with van der Waals surface area (Å²) in [4.78, 5) is 0. The minimum absolute atomic E-state index is 0.236. The Morgan fingerprint density at radius 2 is 1.90 bits per heavy atom. The van der Waals surface area contributed by atoms with Crippen molar-refractivity contribution in [2.45, 2.75) is 6.10 Å². The molecule has 6 heteroatoms. The van der Waals surface area contributed by atoms with Crippen LogP contribution in [0.2, 0.25) is 10.0 Å². The monoisotopic (exact) mass is 325 g/mol. The molecule has 0 aliphatic carbocycles. The van der Waals surface area contributed by atoms with E-state index in [1.54, 1.807) is 18.2 Å². The highest BCUT2D eigenvalue weighted by Crippen LogP contribution is 2.34. The van der Waals surface area contributed by atoms with Gasteiger partial charge in [0.2, 0.25) is 6.79 Å². The summed E-state index contributed by atoms with van der Waals surface area (Å²) in [6.07, 6.45) is -0.762. The zero-order valence-electron chi connectivity index (χ0n) is 11.0. The predicted octanol–water partition coefficient (Wildman–Crippen LogP) is 3.87. The van der Waals surface area contributed by atoms with Gasteiger partial charge in [-0.05, 0) is 30.3 Å². The molecule has 0 aromatic heterocycles. The van der Waals surface area contributed by atoms with Crippen molar-refractivity contribution in [3.05, 3.63) is 52.0 Å². The maximum Gasteiger partial charge on any atom is 0.231 e. The van der Waals surface area contributed by atoms with Gasteiger partial charge in [0.25, 0.3) is 0 Å². The van der Waals surface area contributed by atoms with Gasteiger partial charge in [-0.3, -0.25) is 0 Å². The Balaban J connectivity index is 1.68. The molecule has 0 saturated carbocycles. The standard InChI is InChI=1S/C15H13Cl2NO3/c16-9-1-3-12(17)11(5-9)13(19)7-18-10-2-4-14-15(6-10)21-8-20-14/h1-6,13,18-19H,7-8H2. The Kier molecular flexibility index (Phi) is 4.10. The van der Waals surface area contributed by atoms with E-state index in [9.17, 15) is 5.11 Å². The third kappa shape index (κ3) is 3.18. The molecule has 2 N–H and O–H groups in total. The van der Waals surface area contributed by atoms with Crippen LogP contribution >= 0.6 is 23.2 Å². The van der Waals surface area contributed by atoms with Crippen molar-refractivity contribution < 1.29 is 14.6 Å². The molecule has 0 fully saturated rings. The van der Waals surface area contributed by atoms with E-state index in [-0.39, 0.29) is 6.79 Å². The molecule has 2 aromatic carbocycles. The Morgan fingerprint density at radius 1 is 1.10 bits per heavy atom. The summed E-state index contributed by atoms with van der Waals surface area (Å²) in [5, 5.41) is 14.4. The lowest BCUT2D eigenvalue weighted by atomic mass is 10.1. The molecule has 1 unspecified atom stereocenters. The van der Waals surface area contributed by atoms with Gasteiger partial charge in [-0.15, -0.1) is 0 Å². The molecule has 0 saturated heterocycles. The lowest BCUT2D eigenvalue weighted by Gasteiger charge is -2.15. The number of hydrogen-bond donors (Lipinski definition) is 2. The quantitative estimate of drug-likeness (QED) is 0.896. The van der Waals surface area contributed by atoms with E-state index in [1.165, 1.54) is 0 Å². The van der Waals surface area contributed by atoms with Gasteiger partial charge in [-0.1, -0.05) is 23.2 Å². The third-order valence-corrected chi connectivity index (χ3v) is 3.77. The fourth-order valence-electron chi connectivity index (χ4n) is 2.10. The first-order chi connectivity index (χ1) is 10.1. The molecule has 1 aliphatic rings. The summed E-state index contributed by atoms with van der Waals surface area (Å²) in [6, 6.07) is 10.5. The number of aliphatic hydroxyl groups is 1. The Hall–Kier alpha value is -1.62. The first kappa shape index (κ1) is 14.3. The number of rotatable bonds is 4. The Morgan fingerprint density at radius 3 is 2.76 bits per heavy atom. The van der Waals surface area contributed by atoms with Crippen molar-refractivity contribution in [1.82, 2.24) is 0 Å². The number of anilines is 1. The number of benzene rings is 2. The fraction of sp³-hybridized carbons (Fsp3) is 0.200. The van der Waals surface area contributed by atoms with E-state index in [2.05, 4.69) is 5.32 Å². The molecule has 1 aliphatic heterocycles. The second kappa shape index (κ2) is 6.02. The van der Waals surface area contributed by atoms with E-state index in [0.717, 1.165) is 11.4 Å². The third-order valence-electron chi connectivity index (χ3n) is 3.19. The maximum absolute atomic E-state index is 10.2. The SMILES string of the molecule is OC(CNc1ccc2c(c1)OCO2)c1cc(Cl)ccc1Cl. The maximum atomic E-state index is 10.2. The van der Waals surface area contributed by atoms with Crippen LogP contribution in [-0.2, 0) is 0 Å². The van der Waals surface area contributed by atoms with E-state index in [0.29, 0.717) is 27.9 Å². The van der Waals surface area contributed by atoms with Crippen molar-refractivity contribution in [2.75, 3.05) is 18.7 Å². The van der Waals surface area contributed by atoms with E-state index in [4.69, 9.17) is 32.7 Å².